The summed E-state index contributed by atoms with van der Waals surface area (Å²) in [7, 11) is 0. The van der Waals surface area contributed by atoms with Gasteiger partial charge in [0.1, 0.15) is 17.3 Å². The van der Waals surface area contributed by atoms with Crippen LogP contribution in [0.1, 0.15) is 32.0 Å². The molecule has 2 N–H and O–H groups in total. The molecule has 3 rings (SSSR count). The second kappa shape index (κ2) is 9.54. The first-order chi connectivity index (χ1) is 14.0. The van der Waals surface area contributed by atoms with Crippen molar-refractivity contribution >= 4 is 11.8 Å². The van der Waals surface area contributed by atoms with Gasteiger partial charge in [0.05, 0.1) is 0 Å². The summed E-state index contributed by atoms with van der Waals surface area (Å²) < 4.78 is 26.5. The van der Waals surface area contributed by atoms with E-state index in [9.17, 15) is 18.4 Å². The van der Waals surface area contributed by atoms with Crippen molar-refractivity contribution in [3.63, 3.8) is 0 Å². The second-order valence-electron chi connectivity index (χ2n) is 6.34. The van der Waals surface area contributed by atoms with Gasteiger partial charge in [-0.2, -0.15) is 0 Å². The third kappa shape index (κ3) is 5.68. The molecule has 0 bridgehead atoms. The van der Waals surface area contributed by atoms with E-state index in [-0.39, 0.29) is 23.6 Å². The molecular formula is C22H19F2N3O2. The number of hydrogen-bond donors (Lipinski definition) is 2. The van der Waals surface area contributed by atoms with E-state index >= 15 is 0 Å². The number of benzene rings is 2. The minimum absolute atomic E-state index is 0.0348. The Kier molecular flexibility index (Phi) is 6.63. The Hall–Kier alpha value is -3.61. The fourth-order valence-electron chi connectivity index (χ4n) is 2.68. The van der Waals surface area contributed by atoms with Crippen LogP contribution in [-0.4, -0.2) is 23.3 Å². The highest BCUT2D eigenvalue weighted by Gasteiger charge is 2.12. The lowest BCUT2D eigenvalue weighted by atomic mass is 10.1. The van der Waals surface area contributed by atoms with E-state index in [1.54, 1.807) is 30.3 Å². The molecule has 0 aliphatic carbocycles. The van der Waals surface area contributed by atoms with Crippen LogP contribution in [0.2, 0.25) is 0 Å². The van der Waals surface area contributed by atoms with Crippen LogP contribution < -0.4 is 10.6 Å². The number of aromatic nitrogens is 1. The van der Waals surface area contributed by atoms with Gasteiger partial charge in [-0.05, 0) is 42.3 Å². The number of nitrogens with zero attached hydrogens (tertiary/aromatic N) is 1. The maximum Gasteiger partial charge on any atom is 0.269 e. The van der Waals surface area contributed by atoms with Crippen LogP contribution in [0.3, 0.4) is 0 Å². The van der Waals surface area contributed by atoms with Crippen molar-refractivity contribution in [3.05, 3.63) is 101 Å². The number of rotatable bonds is 7. The van der Waals surface area contributed by atoms with Crippen molar-refractivity contribution in [2.45, 2.75) is 13.0 Å². The van der Waals surface area contributed by atoms with E-state index in [0.717, 1.165) is 5.56 Å². The summed E-state index contributed by atoms with van der Waals surface area (Å²) in [5, 5.41) is 5.34. The molecule has 0 radical (unpaired) electrons. The Balaban J connectivity index is 1.55. The van der Waals surface area contributed by atoms with Crippen LogP contribution >= 0.6 is 0 Å². The Morgan fingerprint density at radius 2 is 1.66 bits per heavy atom. The van der Waals surface area contributed by atoms with Gasteiger partial charge in [-0.25, -0.2) is 8.78 Å². The van der Waals surface area contributed by atoms with Gasteiger partial charge in [0.2, 0.25) is 0 Å². The van der Waals surface area contributed by atoms with E-state index in [1.165, 1.54) is 36.5 Å². The first kappa shape index (κ1) is 20.1. The van der Waals surface area contributed by atoms with Gasteiger partial charge in [0.15, 0.2) is 0 Å². The van der Waals surface area contributed by atoms with E-state index in [0.29, 0.717) is 18.5 Å². The molecule has 7 heteroatoms. The lowest BCUT2D eigenvalue weighted by molar-refractivity contribution is 0.0949. The van der Waals surface area contributed by atoms with E-state index in [4.69, 9.17) is 0 Å². The normalized spacial score (nSPS) is 10.4. The van der Waals surface area contributed by atoms with Crippen LogP contribution in [0.25, 0.3) is 0 Å². The van der Waals surface area contributed by atoms with Gasteiger partial charge in [0, 0.05) is 30.4 Å². The predicted molar refractivity (Wildman–Crippen MR) is 104 cm³/mol. The minimum Gasteiger partial charge on any atom is -0.350 e. The van der Waals surface area contributed by atoms with Crippen LogP contribution in [0, 0.1) is 11.6 Å². The third-order valence-electron chi connectivity index (χ3n) is 4.26. The number of hydrogen-bond acceptors (Lipinski definition) is 3. The molecule has 0 fully saturated rings. The van der Waals surface area contributed by atoms with E-state index in [1.807, 2.05) is 0 Å². The van der Waals surface area contributed by atoms with Gasteiger partial charge >= 0.3 is 0 Å². The Morgan fingerprint density at radius 3 is 2.41 bits per heavy atom. The van der Waals surface area contributed by atoms with Crippen LogP contribution in [0.4, 0.5) is 8.78 Å². The minimum atomic E-state index is -0.434. The molecule has 0 saturated carbocycles. The predicted octanol–water partition coefficient (Wildman–Crippen LogP) is 3.26. The van der Waals surface area contributed by atoms with Crippen LogP contribution in [0.15, 0.2) is 66.9 Å². The molecule has 29 heavy (non-hydrogen) atoms. The summed E-state index contributed by atoms with van der Waals surface area (Å²) in [5.41, 5.74) is 1.61. The zero-order valence-electron chi connectivity index (χ0n) is 15.5. The number of pyridine rings is 1. The van der Waals surface area contributed by atoms with Crippen molar-refractivity contribution in [2.75, 3.05) is 6.54 Å². The number of halogens is 2. The lowest BCUT2D eigenvalue weighted by Gasteiger charge is -2.08. The summed E-state index contributed by atoms with van der Waals surface area (Å²) in [6, 6.07) is 15.1. The molecule has 0 spiro atoms. The molecule has 1 heterocycles. The average Bonchev–Trinajstić information content (AvgIpc) is 2.74. The first-order valence-corrected chi connectivity index (χ1v) is 9.03. The largest absolute Gasteiger partial charge is 0.350 e. The number of carbonyl (C=O) groups is 2. The molecule has 3 aromatic rings. The van der Waals surface area contributed by atoms with Crippen molar-refractivity contribution in [1.29, 1.82) is 0 Å². The van der Waals surface area contributed by atoms with E-state index < -0.39 is 17.6 Å². The molecule has 0 unspecified atom stereocenters. The summed E-state index contributed by atoms with van der Waals surface area (Å²) in [6.45, 7) is 0.378. The molecule has 2 aromatic carbocycles. The average molecular weight is 395 g/mol. The number of amides is 2. The fourth-order valence-corrected chi connectivity index (χ4v) is 2.68. The Morgan fingerprint density at radius 1 is 0.897 bits per heavy atom. The Bertz CT molecular complexity index is 1010. The van der Waals surface area contributed by atoms with Gasteiger partial charge in [-0.15, -0.1) is 0 Å². The highest BCUT2D eigenvalue weighted by molar-refractivity contribution is 5.98. The standard InChI is InChI=1S/C22H19F2N3O2/c23-18-7-5-15(6-8-18)9-11-26-22(29)20-13-16(10-12-25-20)21(28)27-14-17-3-1-2-4-19(17)24/h1-8,10,12-13H,9,11,14H2,(H,26,29)(H,27,28). The molecule has 0 aliphatic rings. The second-order valence-corrected chi connectivity index (χ2v) is 6.34. The number of carbonyl (C=O) groups excluding carboxylic acids is 2. The van der Waals surface area contributed by atoms with Crippen molar-refractivity contribution < 1.29 is 18.4 Å². The molecule has 5 nitrogen and oxygen atoms in total. The summed E-state index contributed by atoms with van der Waals surface area (Å²) in [6.07, 6.45) is 1.90. The summed E-state index contributed by atoms with van der Waals surface area (Å²) in [5.74, 6) is -1.57. The Labute approximate surface area is 166 Å². The quantitative estimate of drug-likeness (QED) is 0.645. The first-order valence-electron chi connectivity index (χ1n) is 9.03. The third-order valence-corrected chi connectivity index (χ3v) is 4.26. The van der Waals surface area contributed by atoms with Crippen molar-refractivity contribution in [1.82, 2.24) is 15.6 Å². The molecule has 0 aliphatic heterocycles. The maximum atomic E-state index is 13.6. The van der Waals surface area contributed by atoms with Gasteiger partial charge in [-0.1, -0.05) is 30.3 Å². The van der Waals surface area contributed by atoms with Gasteiger partial charge < -0.3 is 10.6 Å². The molecular weight excluding hydrogens is 376 g/mol. The highest BCUT2D eigenvalue weighted by atomic mass is 19.1. The molecule has 0 atom stereocenters. The van der Waals surface area contributed by atoms with Crippen molar-refractivity contribution in [2.24, 2.45) is 0 Å². The van der Waals surface area contributed by atoms with Gasteiger partial charge in [-0.3, -0.25) is 14.6 Å². The van der Waals surface area contributed by atoms with Gasteiger partial charge in [0.25, 0.3) is 11.8 Å². The van der Waals surface area contributed by atoms with E-state index in [2.05, 4.69) is 15.6 Å². The van der Waals surface area contributed by atoms with Crippen molar-refractivity contribution in [3.8, 4) is 0 Å². The summed E-state index contributed by atoms with van der Waals surface area (Å²) >= 11 is 0. The smallest absolute Gasteiger partial charge is 0.269 e. The molecule has 1 aromatic heterocycles. The monoisotopic (exact) mass is 395 g/mol. The van der Waals surface area contributed by atoms with Crippen LogP contribution in [0.5, 0.6) is 0 Å². The maximum absolute atomic E-state index is 13.6. The summed E-state index contributed by atoms with van der Waals surface area (Å²) in [4.78, 5) is 28.6. The topological polar surface area (TPSA) is 71.1 Å². The molecule has 0 saturated heterocycles. The SMILES string of the molecule is O=C(NCc1ccccc1F)c1ccnc(C(=O)NCCc2ccc(F)cc2)c1. The number of nitrogens with one attached hydrogen (secondary N) is 2. The molecule has 148 valence electrons. The zero-order valence-corrected chi connectivity index (χ0v) is 15.5. The highest BCUT2D eigenvalue weighted by Crippen LogP contribution is 2.08. The zero-order chi connectivity index (χ0) is 20.6. The fraction of sp³-hybridized carbons (Fsp3) is 0.136. The van der Waals surface area contributed by atoms with Crippen LogP contribution in [-0.2, 0) is 13.0 Å². The molecule has 2 amide bonds. The lowest BCUT2D eigenvalue weighted by Crippen LogP contribution is -2.28.